The van der Waals surface area contributed by atoms with Gasteiger partial charge in [-0.15, -0.1) is 10.2 Å². The highest BCUT2D eigenvalue weighted by Crippen LogP contribution is 2.00. The van der Waals surface area contributed by atoms with E-state index >= 15 is 0 Å². The van der Waals surface area contributed by atoms with Crippen LogP contribution >= 0.6 is 0 Å². The topological polar surface area (TPSA) is 59.8 Å². The van der Waals surface area contributed by atoms with Crippen molar-refractivity contribution < 1.29 is 4.79 Å². The molecule has 0 aliphatic carbocycles. The van der Waals surface area contributed by atoms with Gasteiger partial charge in [-0.1, -0.05) is 13.8 Å². The maximum Gasteiger partial charge on any atom is 0.235 e. The summed E-state index contributed by atoms with van der Waals surface area (Å²) in [7, 11) is 0. The van der Waals surface area contributed by atoms with Crippen molar-refractivity contribution in [1.29, 1.82) is 0 Å². The molecule has 0 radical (unpaired) electrons. The Morgan fingerprint density at radius 3 is 2.08 bits per heavy atom. The van der Waals surface area contributed by atoms with Gasteiger partial charge in [0.2, 0.25) is 5.91 Å². The van der Waals surface area contributed by atoms with Gasteiger partial charge >= 0.3 is 0 Å². The van der Waals surface area contributed by atoms with Crippen LogP contribution in [0.25, 0.3) is 0 Å². The summed E-state index contributed by atoms with van der Waals surface area (Å²) in [5.41, 5.74) is 2.68. The van der Waals surface area contributed by atoms with E-state index in [9.17, 15) is 4.79 Å². The molecule has 0 saturated carbocycles. The van der Waals surface area contributed by atoms with Crippen LogP contribution in [-0.2, 0) is 17.6 Å². The fourth-order valence-corrected chi connectivity index (χ4v) is 1.10. The molecular formula is C8H14N4O. The molecule has 0 aliphatic heterocycles. The smallest absolute Gasteiger partial charge is 0.235 e. The molecule has 5 nitrogen and oxygen atoms in total. The lowest BCUT2D eigenvalue weighted by Crippen LogP contribution is -2.23. The average Bonchev–Trinajstić information content (AvgIpc) is 2.46. The van der Waals surface area contributed by atoms with Gasteiger partial charge in [0, 0.05) is 19.8 Å². The van der Waals surface area contributed by atoms with E-state index in [1.807, 2.05) is 13.8 Å². The van der Waals surface area contributed by atoms with Crippen LogP contribution in [0.5, 0.6) is 0 Å². The SMILES string of the molecule is CCc1nnc(CC)n1NC(C)=O. The molecule has 0 saturated heterocycles. The highest BCUT2D eigenvalue weighted by atomic mass is 16.2. The van der Waals surface area contributed by atoms with Crippen LogP contribution in [0.2, 0.25) is 0 Å². The first kappa shape index (κ1) is 9.70. The van der Waals surface area contributed by atoms with Gasteiger partial charge in [-0.05, 0) is 0 Å². The zero-order chi connectivity index (χ0) is 9.84. The zero-order valence-electron chi connectivity index (χ0n) is 8.16. The van der Waals surface area contributed by atoms with Crippen molar-refractivity contribution in [3.8, 4) is 0 Å². The zero-order valence-corrected chi connectivity index (χ0v) is 8.16. The number of hydrogen-bond acceptors (Lipinski definition) is 3. The third-order valence-electron chi connectivity index (χ3n) is 1.70. The molecule has 1 rings (SSSR count). The van der Waals surface area contributed by atoms with Crippen LogP contribution in [0.1, 0.15) is 32.4 Å². The first-order chi connectivity index (χ1) is 6.19. The van der Waals surface area contributed by atoms with Crippen molar-refractivity contribution in [2.75, 3.05) is 5.43 Å². The molecule has 1 amide bonds. The lowest BCUT2D eigenvalue weighted by Gasteiger charge is -2.07. The van der Waals surface area contributed by atoms with Gasteiger partial charge in [0.15, 0.2) is 11.6 Å². The second-order valence-electron chi connectivity index (χ2n) is 2.74. The fraction of sp³-hybridized carbons (Fsp3) is 0.625. The van der Waals surface area contributed by atoms with Gasteiger partial charge < -0.3 is 0 Å². The Kier molecular flexibility index (Phi) is 3.00. The largest absolute Gasteiger partial charge is 0.274 e. The van der Waals surface area contributed by atoms with Crippen LogP contribution in [0.15, 0.2) is 0 Å². The predicted octanol–water partition coefficient (Wildman–Crippen LogP) is 0.493. The van der Waals surface area contributed by atoms with Crippen LogP contribution in [-0.4, -0.2) is 20.8 Å². The third kappa shape index (κ3) is 2.05. The van der Waals surface area contributed by atoms with Gasteiger partial charge in [-0.2, -0.15) is 0 Å². The highest BCUT2D eigenvalue weighted by molar-refractivity contribution is 5.81. The Morgan fingerprint density at radius 2 is 1.77 bits per heavy atom. The molecule has 0 unspecified atom stereocenters. The minimum absolute atomic E-state index is 0.107. The Morgan fingerprint density at radius 1 is 1.31 bits per heavy atom. The van der Waals surface area contributed by atoms with Crippen molar-refractivity contribution in [3.05, 3.63) is 11.6 Å². The third-order valence-corrected chi connectivity index (χ3v) is 1.70. The number of hydrogen-bond donors (Lipinski definition) is 1. The number of nitrogens with one attached hydrogen (secondary N) is 1. The summed E-state index contributed by atoms with van der Waals surface area (Å²) in [6.07, 6.45) is 1.51. The van der Waals surface area contributed by atoms with Crippen molar-refractivity contribution in [2.24, 2.45) is 0 Å². The monoisotopic (exact) mass is 182 g/mol. The predicted molar refractivity (Wildman–Crippen MR) is 48.8 cm³/mol. The van der Waals surface area contributed by atoms with E-state index in [0.29, 0.717) is 0 Å². The normalized spacial score (nSPS) is 10.1. The quantitative estimate of drug-likeness (QED) is 0.740. The Balaban J connectivity index is 2.97. The highest BCUT2D eigenvalue weighted by Gasteiger charge is 2.09. The average molecular weight is 182 g/mol. The van der Waals surface area contributed by atoms with E-state index in [0.717, 1.165) is 24.5 Å². The summed E-state index contributed by atoms with van der Waals surface area (Å²) in [5.74, 6) is 1.46. The standard InChI is InChI=1S/C8H14N4O/c1-4-7-9-10-8(5-2)12(7)11-6(3)13/h4-5H2,1-3H3,(H,11,13). The molecule has 1 aromatic rings. The number of aryl methyl sites for hydroxylation is 2. The van der Waals surface area contributed by atoms with E-state index in [1.54, 1.807) is 4.68 Å². The van der Waals surface area contributed by atoms with Crippen molar-refractivity contribution in [3.63, 3.8) is 0 Å². The molecular weight excluding hydrogens is 168 g/mol. The summed E-state index contributed by atoms with van der Waals surface area (Å²) in [4.78, 5) is 10.9. The van der Waals surface area contributed by atoms with Crippen molar-refractivity contribution >= 4 is 5.91 Å². The van der Waals surface area contributed by atoms with E-state index < -0.39 is 0 Å². The maximum absolute atomic E-state index is 10.9. The molecule has 0 aliphatic rings. The fourth-order valence-electron chi connectivity index (χ4n) is 1.10. The van der Waals surface area contributed by atoms with Gasteiger partial charge in [-0.25, -0.2) is 4.68 Å². The number of carbonyl (C=O) groups excluding carboxylic acids is 1. The number of nitrogens with zero attached hydrogens (tertiary/aromatic N) is 3. The first-order valence-corrected chi connectivity index (χ1v) is 4.39. The van der Waals surface area contributed by atoms with Crippen molar-refractivity contribution in [1.82, 2.24) is 14.9 Å². The number of aromatic nitrogens is 3. The van der Waals surface area contributed by atoms with Crippen LogP contribution in [0.4, 0.5) is 0 Å². The minimum atomic E-state index is -0.107. The van der Waals surface area contributed by atoms with E-state index in [-0.39, 0.29) is 5.91 Å². The summed E-state index contributed by atoms with van der Waals surface area (Å²) < 4.78 is 1.66. The molecule has 0 atom stereocenters. The molecule has 0 bridgehead atoms. The number of carbonyl (C=O) groups is 1. The van der Waals surface area contributed by atoms with E-state index in [1.165, 1.54) is 6.92 Å². The summed E-state index contributed by atoms with van der Waals surface area (Å²) in [5, 5.41) is 7.91. The maximum atomic E-state index is 10.9. The molecule has 0 spiro atoms. The van der Waals surface area contributed by atoms with Crippen LogP contribution < -0.4 is 5.43 Å². The molecule has 0 fully saturated rings. The number of rotatable bonds is 3. The van der Waals surface area contributed by atoms with Gasteiger partial charge in [0.05, 0.1) is 0 Å². The Hall–Kier alpha value is -1.39. The minimum Gasteiger partial charge on any atom is -0.274 e. The molecule has 13 heavy (non-hydrogen) atoms. The number of amides is 1. The van der Waals surface area contributed by atoms with E-state index in [2.05, 4.69) is 15.6 Å². The van der Waals surface area contributed by atoms with Gasteiger partial charge in [0.1, 0.15) is 0 Å². The molecule has 1 N–H and O–H groups in total. The molecule has 72 valence electrons. The van der Waals surface area contributed by atoms with Crippen LogP contribution in [0.3, 0.4) is 0 Å². The molecule has 5 heteroatoms. The lowest BCUT2D eigenvalue weighted by atomic mass is 10.4. The molecule has 1 heterocycles. The van der Waals surface area contributed by atoms with Crippen LogP contribution in [0, 0.1) is 0 Å². The lowest BCUT2D eigenvalue weighted by molar-refractivity contribution is -0.115. The van der Waals surface area contributed by atoms with E-state index in [4.69, 9.17) is 0 Å². The molecule has 0 aromatic carbocycles. The second kappa shape index (κ2) is 4.02. The Bertz CT molecular complexity index is 284. The summed E-state index contributed by atoms with van der Waals surface area (Å²) in [6.45, 7) is 5.42. The summed E-state index contributed by atoms with van der Waals surface area (Å²) in [6, 6.07) is 0. The first-order valence-electron chi connectivity index (χ1n) is 4.39. The summed E-state index contributed by atoms with van der Waals surface area (Å²) >= 11 is 0. The van der Waals surface area contributed by atoms with Gasteiger partial charge in [0.25, 0.3) is 0 Å². The van der Waals surface area contributed by atoms with Crippen molar-refractivity contribution in [2.45, 2.75) is 33.6 Å². The second-order valence-corrected chi connectivity index (χ2v) is 2.74. The Labute approximate surface area is 77.1 Å². The molecule has 1 aromatic heterocycles. The van der Waals surface area contributed by atoms with Gasteiger partial charge in [-0.3, -0.25) is 10.2 Å².